The number of alkyl halides is 3. The van der Waals surface area contributed by atoms with E-state index in [-0.39, 0.29) is 11.8 Å². The molecule has 4 rings (SSSR count). The fourth-order valence-corrected chi connectivity index (χ4v) is 3.38. The van der Waals surface area contributed by atoms with Gasteiger partial charge >= 0.3 is 6.18 Å². The Morgan fingerprint density at radius 1 is 1.14 bits per heavy atom. The molecule has 2 heterocycles. The molecule has 1 aliphatic carbocycles. The van der Waals surface area contributed by atoms with Crippen molar-refractivity contribution in [2.75, 3.05) is 7.11 Å². The minimum atomic E-state index is -4.60. The SMILES string of the molecule is COc1ccc(Cc2nc3nc(C(F)(F)F)ncc3[nH]2)cc1OC1CCCC1. The van der Waals surface area contributed by atoms with Crippen LogP contribution < -0.4 is 9.47 Å². The fourth-order valence-electron chi connectivity index (χ4n) is 3.38. The third-order valence-electron chi connectivity index (χ3n) is 4.74. The number of methoxy groups -OCH3 is 1. The van der Waals surface area contributed by atoms with E-state index in [0.717, 1.165) is 37.4 Å². The number of nitrogens with zero attached hydrogens (tertiary/aromatic N) is 3. The number of fused-ring (bicyclic) bond motifs is 1. The van der Waals surface area contributed by atoms with Gasteiger partial charge < -0.3 is 14.5 Å². The molecule has 0 saturated heterocycles. The van der Waals surface area contributed by atoms with Gasteiger partial charge in [-0.1, -0.05) is 6.07 Å². The highest BCUT2D eigenvalue weighted by Crippen LogP contribution is 2.33. The summed E-state index contributed by atoms with van der Waals surface area (Å²) in [7, 11) is 1.59. The summed E-state index contributed by atoms with van der Waals surface area (Å²) in [5.41, 5.74) is 1.25. The molecule has 0 bridgehead atoms. The summed E-state index contributed by atoms with van der Waals surface area (Å²) in [6, 6.07) is 5.58. The monoisotopic (exact) mass is 392 g/mol. The van der Waals surface area contributed by atoms with Crippen LogP contribution in [0.3, 0.4) is 0 Å². The quantitative estimate of drug-likeness (QED) is 0.701. The van der Waals surface area contributed by atoms with Crippen molar-refractivity contribution in [1.29, 1.82) is 0 Å². The van der Waals surface area contributed by atoms with Crippen LogP contribution in [0.4, 0.5) is 13.2 Å². The second-order valence-electron chi connectivity index (χ2n) is 6.80. The Hall–Kier alpha value is -2.84. The first kappa shape index (κ1) is 18.5. The van der Waals surface area contributed by atoms with E-state index >= 15 is 0 Å². The minimum absolute atomic E-state index is 0.00624. The first-order valence-electron chi connectivity index (χ1n) is 9.05. The van der Waals surface area contributed by atoms with Gasteiger partial charge in [0.25, 0.3) is 0 Å². The Morgan fingerprint density at radius 3 is 2.64 bits per heavy atom. The first-order chi connectivity index (χ1) is 13.4. The van der Waals surface area contributed by atoms with Crippen molar-refractivity contribution in [2.45, 2.75) is 44.4 Å². The zero-order valence-corrected chi connectivity index (χ0v) is 15.2. The molecule has 3 aromatic rings. The normalized spacial score (nSPS) is 15.3. The molecule has 0 atom stereocenters. The largest absolute Gasteiger partial charge is 0.493 e. The Bertz CT molecular complexity index is 981. The number of ether oxygens (including phenoxy) is 2. The zero-order valence-electron chi connectivity index (χ0n) is 15.2. The van der Waals surface area contributed by atoms with Crippen LogP contribution in [0.5, 0.6) is 11.5 Å². The molecule has 0 unspecified atom stereocenters. The molecule has 148 valence electrons. The Balaban J connectivity index is 1.57. The van der Waals surface area contributed by atoms with Crippen LogP contribution in [-0.4, -0.2) is 33.1 Å². The molecule has 0 amide bonds. The van der Waals surface area contributed by atoms with Gasteiger partial charge in [-0.25, -0.2) is 15.0 Å². The third kappa shape index (κ3) is 3.88. The van der Waals surface area contributed by atoms with Crippen molar-refractivity contribution in [3.63, 3.8) is 0 Å². The van der Waals surface area contributed by atoms with Gasteiger partial charge in [0.15, 0.2) is 17.1 Å². The summed E-state index contributed by atoms with van der Waals surface area (Å²) in [4.78, 5) is 14.0. The Labute approximate surface area is 159 Å². The molecule has 1 N–H and O–H groups in total. The first-order valence-corrected chi connectivity index (χ1v) is 9.05. The summed E-state index contributed by atoms with van der Waals surface area (Å²) >= 11 is 0. The van der Waals surface area contributed by atoms with Crippen LogP contribution in [0.25, 0.3) is 11.2 Å². The van der Waals surface area contributed by atoms with Crippen molar-refractivity contribution in [3.8, 4) is 11.5 Å². The van der Waals surface area contributed by atoms with E-state index in [4.69, 9.17) is 9.47 Å². The van der Waals surface area contributed by atoms with Gasteiger partial charge in [-0.3, -0.25) is 0 Å². The van der Waals surface area contributed by atoms with E-state index in [9.17, 15) is 13.2 Å². The lowest BCUT2D eigenvalue weighted by molar-refractivity contribution is -0.144. The standard InChI is InChI=1S/C19H19F3N4O2/c1-27-14-7-6-11(8-15(14)28-12-4-2-3-5-12)9-16-24-13-10-23-18(19(20,21)22)26-17(13)25-16/h6-8,10,12H,2-5,9H2,1H3,(H,23,24,25,26). The van der Waals surface area contributed by atoms with E-state index in [1.807, 2.05) is 18.2 Å². The maximum Gasteiger partial charge on any atom is 0.451 e. The summed E-state index contributed by atoms with van der Waals surface area (Å²) in [6.07, 6.45) is 1.45. The molecule has 9 heteroatoms. The topological polar surface area (TPSA) is 72.9 Å². The number of nitrogens with one attached hydrogen (secondary N) is 1. The molecule has 0 radical (unpaired) electrons. The second kappa shape index (κ2) is 7.29. The van der Waals surface area contributed by atoms with Crippen LogP contribution >= 0.6 is 0 Å². The van der Waals surface area contributed by atoms with Crippen LogP contribution in [-0.2, 0) is 12.6 Å². The highest BCUT2D eigenvalue weighted by atomic mass is 19.4. The second-order valence-corrected chi connectivity index (χ2v) is 6.80. The zero-order chi connectivity index (χ0) is 19.7. The van der Waals surface area contributed by atoms with E-state index in [2.05, 4.69) is 19.9 Å². The lowest BCUT2D eigenvalue weighted by atomic mass is 10.1. The van der Waals surface area contributed by atoms with Gasteiger partial charge in [0.05, 0.1) is 19.4 Å². The highest BCUT2D eigenvalue weighted by molar-refractivity contribution is 5.69. The number of halogens is 3. The number of hydrogen-bond donors (Lipinski definition) is 1. The molecule has 2 aromatic heterocycles. The maximum absolute atomic E-state index is 12.8. The van der Waals surface area contributed by atoms with Gasteiger partial charge in [0.1, 0.15) is 11.3 Å². The average Bonchev–Trinajstić information content (AvgIpc) is 3.29. The van der Waals surface area contributed by atoms with Crippen molar-refractivity contribution >= 4 is 11.2 Å². The molecular formula is C19H19F3N4O2. The Kier molecular flexibility index (Phi) is 4.82. The lowest BCUT2D eigenvalue weighted by Gasteiger charge is -2.16. The number of aromatic nitrogens is 4. The van der Waals surface area contributed by atoms with Crippen molar-refractivity contribution < 1.29 is 22.6 Å². The van der Waals surface area contributed by atoms with Crippen molar-refractivity contribution in [1.82, 2.24) is 19.9 Å². The summed E-state index contributed by atoms with van der Waals surface area (Å²) < 4.78 is 49.8. The van der Waals surface area contributed by atoms with E-state index in [1.165, 1.54) is 0 Å². The van der Waals surface area contributed by atoms with Crippen molar-refractivity contribution in [2.24, 2.45) is 0 Å². The van der Waals surface area contributed by atoms with Crippen LogP contribution in [0.15, 0.2) is 24.4 Å². The van der Waals surface area contributed by atoms with Crippen LogP contribution in [0.2, 0.25) is 0 Å². The number of imidazole rings is 1. The number of hydrogen-bond acceptors (Lipinski definition) is 5. The van der Waals surface area contributed by atoms with Gasteiger partial charge in [0.2, 0.25) is 5.82 Å². The highest BCUT2D eigenvalue weighted by Gasteiger charge is 2.35. The smallest absolute Gasteiger partial charge is 0.451 e. The minimum Gasteiger partial charge on any atom is -0.493 e. The van der Waals surface area contributed by atoms with Crippen LogP contribution in [0.1, 0.15) is 42.9 Å². The van der Waals surface area contributed by atoms with Gasteiger partial charge in [-0.05, 0) is 43.4 Å². The number of aromatic amines is 1. The van der Waals surface area contributed by atoms with Crippen molar-refractivity contribution in [3.05, 3.63) is 41.6 Å². The number of rotatable bonds is 5. The molecular weight excluding hydrogens is 373 g/mol. The number of H-pyrrole nitrogens is 1. The predicted molar refractivity (Wildman–Crippen MR) is 95.4 cm³/mol. The Morgan fingerprint density at radius 2 is 1.93 bits per heavy atom. The molecule has 1 fully saturated rings. The van der Waals surface area contributed by atoms with Crippen LogP contribution in [0, 0.1) is 0 Å². The maximum atomic E-state index is 12.8. The number of benzene rings is 1. The van der Waals surface area contributed by atoms with E-state index in [0.29, 0.717) is 29.3 Å². The molecule has 28 heavy (non-hydrogen) atoms. The lowest BCUT2D eigenvalue weighted by Crippen LogP contribution is -2.11. The van der Waals surface area contributed by atoms with Gasteiger partial charge in [-0.2, -0.15) is 13.2 Å². The molecule has 0 spiro atoms. The summed E-state index contributed by atoms with van der Waals surface area (Å²) in [5.74, 6) is 0.624. The molecule has 1 aliphatic rings. The van der Waals surface area contributed by atoms with Gasteiger partial charge in [0, 0.05) is 6.42 Å². The average molecular weight is 392 g/mol. The van der Waals surface area contributed by atoms with Gasteiger partial charge in [-0.15, -0.1) is 0 Å². The third-order valence-corrected chi connectivity index (χ3v) is 4.74. The molecule has 6 nitrogen and oxygen atoms in total. The fraction of sp³-hybridized carbons (Fsp3) is 0.421. The molecule has 1 saturated carbocycles. The summed E-state index contributed by atoms with van der Waals surface area (Å²) in [6.45, 7) is 0. The predicted octanol–water partition coefficient (Wildman–Crippen LogP) is 4.29. The van der Waals surface area contributed by atoms with E-state index in [1.54, 1.807) is 7.11 Å². The molecule has 0 aliphatic heterocycles. The summed E-state index contributed by atoms with van der Waals surface area (Å²) in [5, 5.41) is 0. The molecule has 1 aromatic carbocycles. The van der Waals surface area contributed by atoms with E-state index < -0.39 is 12.0 Å².